The Morgan fingerprint density at radius 1 is 1.17 bits per heavy atom. The molecule has 8 heteroatoms. The van der Waals surface area contributed by atoms with Crippen LogP contribution in [0.4, 0.5) is 30.5 Å². The summed E-state index contributed by atoms with van der Waals surface area (Å²) >= 11 is 0. The molecular weight excluding hydrogens is 309 g/mol. The van der Waals surface area contributed by atoms with Crippen molar-refractivity contribution >= 4 is 23.2 Å². The first kappa shape index (κ1) is 15.3. The molecule has 1 saturated carbocycles. The van der Waals surface area contributed by atoms with Gasteiger partial charge in [0.2, 0.25) is 11.9 Å². The number of nitrogens with one attached hydrogen (secondary N) is 2. The number of carbonyl (C=O) groups excluding carboxylic acids is 1. The summed E-state index contributed by atoms with van der Waals surface area (Å²) in [7, 11) is 0. The molecule has 120 valence electrons. The zero-order valence-corrected chi connectivity index (χ0v) is 11.9. The Kier molecular flexibility index (Phi) is 3.89. The average molecular weight is 322 g/mol. The van der Waals surface area contributed by atoms with Gasteiger partial charge in [-0.25, -0.2) is 9.97 Å². The van der Waals surface area contributed by atoms with Crippen LogP contribution < -0.4 is 10.6 Å². The Bertz CT molecular complexity index is 729. The lowest BCUT2D eigenvalue weighted by molar-refractivity contribution is -0.141. The lowest BCUT2D eigenvalue weighted by Crippen LogP contribution is -2.13. The molecule has 1 aliphatic rings. The number of rotatable bonds is 4. The number of anilines is 3. The van der Waals surface area contributed by atoms with Gasteiger partial charge in [0.1, 0.15) is 5.69 Å². The van der Waals surface area contributed by atoms with E-state index in [-0.39, 0.29) is 17.8 Å². The molecule has 0 atom stereocenters. The number of carbonyl (C=O) groups is 1. The Hall–Kier alpha value is -2.64. The van der Waals surface area contributed by atoms with Crippen LogP contribution in [0.3, 0.4) is 0 Å². The Balaban J connectivity index is 1.73. The molecule has 1 amide bonds. The zero-order valence-electron chi connectivity index (χ0n) is 11.9. The number of nitrogens with zero attached hydrogens (tertiary/aromatic N) is 2. The van der Waals surface area contributed by atoms with Crippen LogP contribution in [0.1, 0.15) is 18.5 Å². The molecular formula is C15H13F3N4O. The SMILES string of the molecule is O=C(Nc1cccc(Nc2nccc(C(F)(F)F)n2)c1)C1CC1. The largest absolute Gasteiger partial charge is 0.433 e. The van der Waals surface area contributed by atoms with E-state index in [1.54, 1.807) is 24.3 Å². The average Bonchev–Trinajstić information content (AvgIpc) is 3.31. The maximum atomic E-state index is 12.6. The smallest absolute Gasteiger partial charge is 0.326 e. The van der Waals surface area contributed by atoms with Gasteiger partial charge in [-0.05, 0) is 37.1 Å². The highest BCUT2D eigenvalue weighted by Gasteiger charge is 2.32. The number of aromatic nitrogens is 2. The van der Waals surface area contributed by atoms with Gasteiger partial charge in [0, 0.05) is 23.5 Å². The van der Waals surface area contributed by atoms with Gasteiger partial charge < -0.3 is 10.6 Å². The van der Waals surface area contributed by atoms with Crippen LogP contribution in [0.25, 0.3) is 0 Å². The second-order valence-electron chi connectivity index (χ2n) is 5.23. The molecule has 0 radical (unpaired) electrons. The standard InChI is InChI=1S/C15H13F3N4O/c16-15(17,18)12-6-7-19-14(22-12)21-11-3-1-2-10(8-11)20-13(23)9-4-5-9/h1-3,6-9H,4-5H2,(H,20,23)(H,19,21,22). The van der Waals surface area contributed by atoms with Crippen molar-refractivity contribution in [1.29, 1.82) is 0 Å². The van der Waals surface area contributed by atoms with E-state index >= 15 is 0 Å². The van der Waals surface area contributed by atoms with Crippen molar-refractivity contribution < 1.29 is 18.0 Å². The Morgan fingerprint density at radius 3 is 2.61 bits per heavy atom. The molecule has 5 nitrogen and oxygen atoms in total. The van der Waals surface area contributed by atoms with Gasteiger partial charge in [0.15, 0.2) is 0 Å². The Morgan fingerprint density at radius 2 is 1.91 bits per heavy atom. The van der Waals surface area contributed by atoms with Crippen LogP contribution in [-0.2, 0) is 11.0 Å². The fourth-order valence-corrected chi connectivity index (χ4v) is 1.97. The predicted octanol–water partition coefficient (Wildman–Crippen LogP) is 3.59. The molecule has 0 aliphatic heterocycles. The molecule has 23 heavy (non-hydrogen) atoms. The fraction of sp³-hybridized carbons (Fsp3) is 0.267. The van der Waals surface area contributed by atoms with Crippen LogP contribution in [0.2, 0.25) is 0 Å². The van der Waals surface area contributed by atoms with E-state index in [1.807, 2.05) is 0 Å². The highest BCUT2D eigenvalue weighted by atomic mass is 19.4. The number of halogens is 3. The normalized spacial score (nSPS) is 14.4. The third kappa shape index (κ3) is 3.97. The van der Waals surface area contributed by atoms with E-state index in [1.165, 1.54) is 0 Å². The molecule has 1 aromatic heterocycles. The number of alkyl halides is 3. The molecule has 2 aromatic rings. The number of benzene rings is 1. The first-order chi connectivity index (χ1) is 10.9. The van der Waals surface area contributed by atoms with E-state index in [4.69, 9.17) is 0 Å². The topological polar surface area (TPSA) is 66.9 Å². The van der Waals surface area contributed by atoms with Crippen LogP contribution >= 0.6 is 0 Å². The number of amides is 1. The maximum absolute atomic E-state index is 12.6. The summed E-state index contributed by atoms with van der Waals surface area (Å²) < 4.78 is 37.9. The molecule has 2 N–H and O–H groups in total. The van der Waals surface area contributed by atoms with Crippen LogP contribution in [0.15, 0.2) is 36.5 Å². The van der Waals surface area contributed by atoms with Gasteiger partial charge in [0.25, 0.3) is 0 Å². The summed E-state index contributed by atoms with van der Waals surface area (Å²) in [5.74, 6) is -0.138. The summed E-state index contributed by atoms with van der Waals surface area (Å²) in [4.78, 5) is 18.9. The van der Waals surface area contributed by atoms with E-state index < -0.39 is 11.9 Å². The monoisotopic (exact) mass is 322 g/mol. The minimum Gasteiger partial charge on any atom is -0.326 e. The molecule has 1 aromatic carbocycles. The van der Waals surface area contributed by atoms with Crippen molar-refractivity contribution in [2.75, 3.05) is 10.6 Å². The van der Waals surface area contributed by atoms with Gasteiger partial charge in [-0.1, -0.05) is 6.07 Å². The minimum atomic E-state index is -4.53. The number of hydrogen-bond donors (Lipinski definition) is 2. The fourth-order valence-electron chi connectivity index (χ4n) is 1.97. The lowest BCUT2D eigenvalue weighted by atomic mass is 10.2. The summed E-state index contributed by atoms with van der Waals surface area (Å²) in [6, 6.07) is 7.45. The molecule has 1 fully saturated rings. The Labute approximate surface area is 130 Å². The van der Waals surface area contributed by atoms with Crippen molar-refractivity contribution in [3.05, 3.63) is 42.2 Å². The number of hydrogen-bond acceptors (Lipinski definition) is 4. The molecule has 0 saturated heterocycles. The molecule has 3 rings (SSSR count). The predicted molar refractivity (Wildman–Crippen MR) is 78.1 cm³/mol. The lowest BCUT2D eigenvalue weighted by Gasteiger charge is -2.10. The van der Waals surface area contributed by atoms with Crippen molar-refractivity contribution in [1.82, 2.24) is 9.97 Å². The van der Waals surface area contributed by atoms with E-state index in [9.17, 15) is 18.0 Å². The van der Waals surface area contributed by atoms with Gasteiger partial charge >= 0.3 is 6.18 Å². The second kappa shape index (κ2) is 5.86. The molecule has 1 aliphatic carbocycles. The second-order valence-corrected chi connectivity index (χ2v) is 5.23. The highest BCUT2D eigenvalue weighted by Crippen LogP contribution is 2.31. The van der Waals surface area contributed by atoms with Crippen molar-refractivity contribution in [2.24, 2.45) is 5.92 Å². The summed E-state index contributed by atoms with van der Waals surface area (Å²) in [6.45, 7) is 0. The first-order valence-electron chi connectivity index (χ1n) is 7.00. The highest BCUT2D eigenvalue weighted by molar-refractivity contribution is 5.94. The van der Waals surface area contributed by atoms with E-state index in [0.29, 0.717) is 11.4 Å². The van der Waals surface area contributed by atoms with Crippen molar-refractivity contribution in [2.45, 2.75) is 19.0 Å². The van der Waals surface area contributed by atoms with Gasteiger partial charge in [-0.2, -0.15) is 13.2 Å². The molecule has 1 heterocycles. The first-order valence-corrected chi connectivity index (χ1v) is 7.00. The molecule has 0 bridgehead atoms. The summed E-state index contributed by atoms with van der Waals surface area (Å²) in [6.07, 6.45) is -1.71. The van der Waals surface area contributed by atoms with Gasteiger partial charge in [0.05, 0.1) is 0 Å². The summed E-state index contributed by atoms with van der Waals surface area (Å²) in [5, 5.41) is 5.47. The van der Waals surface area contributed by atoms with E-state index in [2.05, 4.69) is 20.6 Å². The third-order valence-corrected chi connectivity index (χ3v) is 3.28. The van der Waals surface area contributed by atoms with E-state index in [0.717, 1.165) is 25.1 Å². The van der Waals surface area contributed by atoms with Crippen LogP contribution in [0, 0.1) is 5.92 Å². The molecule has 0 spiro atoms. The summed E-state index contributed by atoms with van der Waals surface area (Å²) in [5.41, 5.74) is 0.0324. The van der Waals surface area contributed by atoms with Crippen LogP contribution in [-0.4, -0.2) is 15.9 Å². The quantitative estimate of drug-likeness (QED) is 0.903. The van der Waals surface area contributed by atoms with Gasteiger partial charge in [-0.3, -0.25) is 4.79 Å². The van der Waals surface area contributed by atoms with Gasteiger partial charge in [-0.15, -0.1) is 0 Å². The molecule has 0 unspecified atom stereocenters. The minimum absolute atomic E-state index is 0.0440. The van der Waals surface area contributed by atoms with Crippen LogP contribution in [0.5, 0.6) is 0 Å². The van der Waals surface area contributed by atoms with Crippen molar-refractivity contribution in [3.63, 3.8) is 0 Å². The third-order valence-electron chi connectivity index (χ3n) is 3.28. The zero-order chi connectivity index (χ0) is 16.4. The van der Waals surface area contributed by atoms with Crippen molar-refractivity contribution in [3.8, 4) is 0 Å². The maximum Gasteiger partial charge on any atom is 0.433 e.